The van der Waals surface area contributed by atoms with Crippen LogP contribution in [0.2, 0.25) is 0 Å². The second kappa shape index (κ2) is 15.8. The van der Waals surface area contributed by atoms with E-state index in [-0.39, 0.29) is 6.07 Å². The number of ether oxygens (including phenoxy) is 3. The Morgan fingerprint density at radius 1 is 0.351 bits per heavy atom. The van der Waals surface area contributed by atoms with E-state index < -0.39 is 258 Å². The third kappa shape index (κ3) is 6.15. The number of fused-ring (bicyclic) bond motifs is 7. The number of Topliss-reactive ketones (excluding diaryl/α,β-unsaturated/α-hetero) is 1. The van der Waals surface area contributed by atoms with Crippen molar-refractivity contribution in [3.8, 4) is 125 Å². The average Bonchev–Trinajstić information content (AvgIpc) is 3.52. The minimum Gasteiger partial charge on any atom is -0.504 e. The van der Waals surface area contributed by atoms with Crippen LogP contribution < -0.4 is 11.3 Å². The van der Waals surface area contributed by atoms with Gasteiger partial charge in [0.1, 0.15) is 12.2 Å². The Hall–Kier alpha value is -10.9. The lowest BCUT2D eigenvalue weighted by Gasteiger charge is -2.40. The van der Waals surface area contributed by atoms with Gasteiger partial charge in [-0.05, 0) is 18.2 Å². The Kier molecular flexibility index (Phi) is 9.91. The Labute approximate surface area is 419 Å². The molecule has 77 heavy (non-hydrogen) atoms. The van der Waals surface area contributed by atoms with Crippen LogP contribution in [-0.2, 0) is 14.2 Å². The molecular weight excluding hydrogens is 1040 g/mol. The van der Waals surface area contributed by atoms with E-state index in [1.807, 2.05) is 0 Å². The van der Waals surface area contributed by atoms with Crippen molar-refractivity contribution in [2.24, 2.45) is 0 Å². The number of phenolic OH excluding ortho intramolecular Hbond substituents is 16. The number of rotatable bonds is 1. The van der Waals surface area contributed by atoms with Gasteiger partial charge in [0.2, 0.25) is 34.5 Å². The quantitative estimate of drug-likeness (QED) is 0.0368. The number of benzene rings is 6. The molecule has 0 amide bonds. The summed E-state index contributed by atoms with van der Waals surface area (Å²) in [6.07, 6.45) is -16.0. The van der Waals surface area contributed by atoms with Crippen LogP contribution in [0.15, 0.2) is 36.6 Å². The molecule has 0 unspecified atom stereocenters. The van der Waals surface area contributed by atoms with Gasteiger partial charge in [-0.25, -0.2) is 24.0 Å². The summed E-state index contributed by atoms with van der Waals surface area (Å²) in [4.78, 5) is 87.0. The number of esters is 3. The standard InChI is InChI=1S/C48H28O29/c49-8-4-12(53)39(43-42-35(64)24-23(48(72)76-42)18(31(60)36(65)34(24)63)15-7(45(69)77-43)3-11(52)27(56)30(15)59)73-44(68)6-2-10(51)26(55)29(58)14(6)17-22-20-19-21(46(70)74-41(20)38(67)33(17)62)16(32(61)37(66)40(19)75-47(22)71)13-5(8)1-9(50)25(54)28(13)57/h1-3,12,35,39,42-43,50-67H,4H2/t12-,35-,39-,42+,43+/m1/s1. The first kappa shape index (κ1) is 48.3. The number of aromatic hydroxyl groups is 16. The monoisotopic (exact) mass is 1070 g/mol. The summed E-state index contributed by atoms with van der Waals surface area (Å²) >= 11 is 0. The Morgan fingerprint density at radius 3 is 1.19 bits per heavy atom. The van der Waals surface area contributed by atoms with Gasteiger partial charge in [-0.15, -0.1) is 0 Å². The predicted molar refractivity (Wildman–Crippen MR) is 244 cm³/mol. The first-order valence-electron chi connectivity index (χ1n) is 21.6. The molecule has 6 heterocycles. The number of hydrogen-bond acceptors (Lipinski definition) is 29. The fraction of sp³-hybridized carbons (Fsp3) is 0.125. The molecule has 5 atom stereocenters. The number of aliphatic hydroxyl groups is 2. The van der Waals surface area contributed by atoms with Crippen molar-refractivity contribution in [3.05, 3.63) is 66.9 Å². The summed E-state index contributed by atoms with van der Waals surface area (Å²) in [6.45, 7) is 0. The number of cyclic esters (lactones) is 1. The topological polar surface area (TPSA) is 521 Å². The normalized spacial score (nSPS) is 19.2. The zero-order valence-electron chi connectivity index (χ0n) is 37.4. The molecule has 4 aliphatic rings. The predicted octanol–water partition coefficient (Wildman–Crippen LogP) is 2.07. The van der Waals surface area contributed by atoms with Gasteiger partial charge in [0.15, 0.2) is 92.8 Å². The second-order valence-corrected chi connectivity index (χ2v) is 17.6. The van der Waals surface area contributed by atoms with Crippen molar-refractivity contribution in [3.63, 3.8) is 0 Å². The van der Waals surface area contributed by atoms with Gasteiger partial charge in [0.05, 0.1) is 27.5 Å². The molecule has 10 bridgehead atoms. The van der Waals surface area contributed by atoms with E-state index in [0.29, 0.717) is 12.1 Å². The summed E-state index contributed by atoms with van der Waals surface area (Å²) in [6, 6.07) is 0.922. The summed E-state index contributed by atoms with van der Waals surface area (Å²) in [7, 11) is 0. The first-order chi connectivity index (χ1) is 36.2. The van der Waals surface area contributed by atoms with Crippen LogP contribution in [-0.4, -0.2) is 140 Å². The number of carbonyl (C=O) groups is 4. The molecule has 0 radical (unpaired) electrons. The van der Waals surface area contributed by atoms with Crippen LogP contribution in [0.5, 0.6) is 92.0 Å². The molecular formula is C48H28O29. The Bertz CT molecular complexity index is 4260. The second-order valence-electron chi connectivity index (χ2n) is 17.6. The summed E-state index contributed by atoms with van der Waals surface area (Å²) < 4.78 is 27.3. The van der Waals surface area contributed by atoms with Gasteiger partial charge in [0, 0.05) is 61.7 Å². The molecule has 0 spiro atoms. The summed E-state index contributed by atoms with van der Waals surface area (Å²) in [5.41, 5.74) is -19.4. The van der Waals surface area contributed by atoms with Gasteiger partial charge >= 0.3 is 29.2 Å². The van der Waals surface area contributed by atoms with Crippen LogP contribution in [0.3, 0.4) is 0 Å². The maximum Gasteiger partial charge on any atom is 0.345 e. The van der Waals surface area contributed by atoms with Crippen LogP contribution in [0.25, 0.3) is 66.1 Å². The van der Waals surface area contributed by atoms with E-state index >= 15 is 4.79 Å². The van der Waals surface area contributed by atoms with E-state index in [1.54, 1.807) is 0 Å². The van der Waals surface area contributed by atoms with Crippen molar-refractivity contribution in [2.75, 3.05) is 0 Å². The highest BCUT2D eigenvalue weighted by atomic mass is 16.6. The number of carbonyl (C=O) groups excluding carboxylic acids is 4. The molecule has 394 valence electrons. The fourth-order valence-corrected chi connectivity index (χ4v) is 10.1. The zero-order valence-corrected chi connectivity index (χ0v) is 37.4. The van der Waals surface area contributed by atoms with Gasteiger partial charge in [-0.3, -0.25) is 4.79 Å². The molecule has 0 saturated carbocycles. The van der Waals surface area contributed by atoms with Gasteiger partial charge < -0.3 is 115 Å². The number of aliphatic hydroxyl groups excluding tert-OH is 2. The van der Waals surface area contributed by atoms with Crippen LogP contribution in [0.4, 0.5) is 0 Å². The largest absolute Gasteiger partial charge is 0.504 e. The van der Waals surface area contributed by atoms with Crippen molar-refractivity contribution >= 4 is 56.4 Å². The third-order valence-corrected chi connectivity index (χ3v) is 13.5. The SMILES string of the molecule is O=C1O[C@@H]([C@@H]2OC(=O)c3cc(O)c(O)c(O)c3-c3c(O)c(O)c4oc(=O)c5c(c(O)c(O)c6oc(=O)c3c4c65)-c3c(cc(O)c(O)c3O)C(=O)C[C@H]2O)[C@H]2OC(=O)c3c(c(O)c(O)c(O)c3[C@H]2O)-c2c1cc(O)c(O)c2O. The molecule has 6 aromatic carbocycles. The van der Waals surface area contributed by atoms with Gasteiger partial charge in [-0.2, -0.15) is 0 Å². The molecule has 18 N–H and O–H groups in total. The zero-order chi connectivity index (χ0) is 55.8. The van der Waals surface area contributed by atoms with Crippen LogP contribution >= 0.6 is 0 Å². The number of ketones is 1. The van der Waals surface area contributed by atoms with Gasteiger partial charge in [0.25, 0.3) is 0 Å². The third-order valence-electron chi connectivity index (χ3n) is 13.5. The Morgan fingerprint density at radius 2 is 0.727 bits per heavy atom. The molecule has 8 aromatic rings. The molecule has 2 aromatic heterocycles. The van der Waals surface area contributed by atoms with Crippen molar-refractivity contribution in [2.45, 2.75) is 36.9 Å². The number of hydrogen-bond donors (Lipinski definition) is 18. The minimum absolute atomic E-state index is 0.241. The fourth-order valence-electron chi connectivity index (χ4n) is 10.1. The highest BCUT2D eigenvalue weighted by Gasteiger charge is 2.53. The van der Waals surface area contributed by atoms with E-state index in [0.717, 1.165) is 0 Å². The highest BCUT2D eigenvalue weighted by Crippen LogP contribution is 2.60. The maximum atomic E-state index is 15.0. The Balaban J connectivity index is 1.27. The van der Waals surface area contributed by atoms with Crippen molar-refractivity contribution in [1.82, 2.24) is 0 Å². The van der Waals surface area contributed by atoms with E-state index in [2.05, 4.69) is 0 Å². The molecule has 0 saturated heterocycles. The molecule has 29 heteroatoms. The maximum absolute atomic E-state index is 15.0. The lowest BCUT2D eigenvalue weighted by molar-refractivity contribution is -0.147. The summed E-state index contributed by atoms with van der Waals surface area (Å²) in [5, 5.41) is 199. The average molecular weight is 1070 g/mol. The molecule has 0 aliphatic carbocycles. The molecule has 29 nitrogen and oxygen atoms in total. The smallest absolute Gasteiger partial charge is 0.345 e. The van der Waals surface area contributed by atoms with E-state index in [9.17, 15) is 116 Å². The molecule has 12 rings (SSSR count). The van der Waals surface area contributed by atoms with Crippen LogP contribution in [0.1, 0.15) is 59.5 Å². The first-order valence-corrected chi connectivity index (χ1v) is 21.6. The van der Waals surface area contributed by atoms with Crippen LogP contribution in [0, 0.1) is 0 Å². The van der Waals surface area contributed by atoms with E-state index in [4.69, 9.17) is 23.0 Å². The highest BCUT2D eigenvalue weighted by molar-refractivity contribution is 6.29. The van der Waals surface area contributed by atoms with E-state index in [1.165, 1.54) is 0 Å². The minimum atomic E-state index is -3.00. The lowest BCUT2D eigenvalue weighted by Crippen LogP contribution is -2.54. The van der Waals surface area contributed by atoms with Crippen molar-refractivity contribution in [1.29, 1.82) is 0 Å². The lowest BCUT2D eigenvalue weighted by atomic mass is 9.82. The number of phenols is 16. The summed E-state index contributed by atoms with van der Waals surface area (Å²) in [5.74, 6) is -32.0. The molecule has 0 fully saturated rings. The van der Waals surface area contributed by atoms with Crippen molar-refractivity contribution < 1.29 is 134 Å². The van der Waals surface area contributed by atoms with Gasteiger partial charge in [-0.1, -0.05) is 0 Å². The molecule has 4 aliphatic heterocycles.